The normalized spacial score (nSPS) is 25.9. The van der Waals surface area contributed by atoms with Gasteiger partial charge in [-0.25, -0.2) is 9.07 Å². The molecule has 3 atom stereocenters. The van der Waals surface area contributed by atoms with Crippen LogP contribution in [0.5, 0.6) is 5.75 Å². The number of carbonyl (C=O) groups is 1. The topological polar surface area (TPSA) is 78.6 Å². The summed E-state index contributed by atoms with van der Waals surface area (Å²) in [6, 6.07) is 5.76. The molecule has 0 radical (unpaired) electrons. The number of rotatable bonds is 2. The van der Waals surface area contributed by atoms with Crippen molar-refractivity contribution in [2.24, 2.45) is 0 Å². The number of aromatic nitrogens is 2. The number of fused-ring (bicyclic) bond motifs is 2. The van der Waals surface area contributed by atoms with Crippen LogP contribution in [-0.2, 0) is 0 Å². The van der Waals surface area contributed by atoms with Crippen LogP contribution in [0, 0.1) is 5.82 Å². The molecular weight excluding hydrogens is 313 g/mol. The van der Waals surface area contributed by atoms with E-state index >= 15 is 0 Å². The van der Waals surface area contributed by atoms with Crippen molar-refractivity contribution in [1.82, 2.24) is 14.7 Å². The summed E-state index contributed by atoms with van der Waals surface area (Å²) in [7, 11) is 0. The van der Waals surface area contributed by atoms with Gasteiger partial charge in [0, 0.05) is 12.1 Å². The number of aliphatic hydroxyl groups excluding tert-OH is 1. The summed E-state index contributed by atoms with van der Waals surface area (Å²) in [6.07, 6.45) is 3.78. The summed E-state index contributed by atoms with van der Waals surface area (Å²) < 4.78 is 14.7. The van der Waals surface area contributed by atoms with Crippen molar-refractivity contribution in [3.05, 3.63) is 42.0 Å². The SMILES string of the molecule is O=C(c1nn(-c2cccc(F)c2)cc1O)N1[C@@H]2CC[C@H]1CC(O)C2. The molecule has 1 unspecified atom stereocenters. The number of amides is 1. The zero-order valence-electron chi connectivity index (χ0n) is 13.0. The Morgan fingerprint density at radius 3 is 2.62 bits per heavy atom. The highest BCUT2D eigenvalue weighted by molar-refractivity contribution is 5.95. The lowest BCUT2D eigenvalue weighted by Gasteiger charge is -2.36. The van der Waals surface area contributed by atoms with Crippen LogP contribution in [0.25, 0.3) is 5.69 Å². The molecule has 1 amide bonds. The van der Waals surface area contributed by atoms with Crippen molar-refractivity contribution in [3.63, 3.8) is 0 Å². The van der Waals surface area contributed by atoms with Crippen molar-refractivity contribution in [2.45, 2.75) is 43.9 Å². The van der Waals surface area contributed by atoms with Crippen molar-refractivity contribution in [3.8, 4) is 11.4 Å². The zero-order chi connectivity index (χ0) is 16.8. The number of hydrogen-bond acceptors (Lipinski definition) is 4. The second-order valence-electron chi connectivity index (χ2n) is 6.51. The van der Waals surface area contributed by atoms with Crippen LogP contribution in [-0.4, -0.2) is 49.0 Å². The van der Waals surface area contributed by atoms with E-state index in [4.69, 9.17) is 0 Å². The van der Waals surface area contributed by atoms with E-state index in [0.29, 0.717) is 18.5 Å². The van der Waals surface area contributed by atoms with E-state index < -0.39 is 5.82 Å². The highest BCUT2D eigenvalue weighted by Crippen LogP contribution is 2.37. The van der Waals surface area contributed by atoms with E-state index in [9.17, 15) is 19.4 Å². The van der Waals surface area contributed by atoms with Gasteiger partial charge in [-0.1, -0.05) is 6.07 Å². The zero-order valence-corrected chi connectivity index (χ0v) is 13.0. The molecule has 4 rings (SSSR count). The Morgan fingerprint density at radius 1 is 1.25 bits per heavy atom. The van der Waals surface area contributed by atoms with Gasteiger partial charge in [-0.15, -0.1) is 0 Å². The quantitative estimate of drug-likeness (QED) is 0.880. The molecule has 2 aliphatic rings. The van der Waals surface area contributed by atoms with Crippen LogP contribution in [0.2, 0.25) is 0 Å². The third kappa shape index (κ3) is 2.45. The standard InChI is InChI=1S/C17H18FN3O3/c18-10-2-1-3-11(6-10)20-9-15(23)16(19-20)17(24)21-12-4-5-13(21)8-14(22)7-12/h1-3,6,9,12-14,22-23H,4-5,7-8H2/t12-,13+,14?. The smallest absolute Gasteiger partial charge is 0.278 e. The van der Waals surface area contributed by atoms with Crippen molar-refractivity contribution >= 4 is 5.91 Å². The van der Waals surface area contributed by atoms with Crippen molar-refractivity contribution < 1.29 is 19.4 Å². The fourth-order valence-corrected chi connectivity index (χ4v) is 3.87. The first-order chi connectivity index (χ1) is 11.5. The number of nitrogens with zero attached hydrogens (tertiary/aromatic N) is 3. The summed E-state index contributed by atoms with van der Waals surface area (Å²) >= 11 is 0. The third-order valence-electron chi connectivity index (χ3n) is 4.91. The Balaban J connectivity index is 1.64. The van der Waals surface area contributed by atoms with Crippen LogP contribution in [0.3, 0.4) is 0 Å². The Labute approximate surface area is 138 Å². The Kier molecular flexibility index (Phi) is 3.53. The number of piperidine rings is 1. The van der Waals surface area contributed by atoms with Gasteiger partial charge in [0.1, 0.15) is 5.82 Å². The summed E-state index contributed by atoms with van der Waals surface area (Å²) in [4.78, 5) is 14.6. The highest BCUT2D eigenvalue weighted by atomic mass is 19.1. The Morgan fingerprint density at radius 2 is 1.96 bits per heavy atom. The van der Waals surface area contributed by atoms with E-state index in [-0.39, 0.29) is 35.5 Å². The predicted octanol–water partition coefficient (Wildman–Crippen LogP) is 1.84. The first-order valence-electron chi connectivity index (χ1n) is 8.08. The van der Waals surface area contributed by atoms with Crippen LogP contribution in [0.4, 0.5) is 4.39 Å². The van der Waals surface area contributed by atoms with Gasteiger partial charge in [-0.05, 0) is 43.9 Å². The highest BCUT2D eigenvalue weighted by Gasteiger charge is 2.44. The van der Waals surface area contributed by atoms with E-state index in [2.05, 4.69) is 5.10 Å². The summed E-state index contributed by atoms with van der Waals surface area (Å²) in [5.74, 6) is -0.977. The van der Waals surface area contributed by atoms with Crippen molar-refractivity contribution in [2.75, 3.05) is 0 Å². The largest absolute Gasteiger partial charge is 0.504 e. The predicted molar refractivity (Wildman–Crippen MR) is 83.4 cm³/mol. The fourth-order valence-electron chi connectivity index (χ4n) is 3.87. The number of benzene rings is 1. The van der Waals surface area contributed by atoms with Crippen LogP contribution < -0.4 is 0 Å². The molecule has 2 fully saturated rings. The average Bonchev–Trinajstić information content (AvgIpc) is 3.05. The first-order valence-corrected chi connectivity index (χ1v) is 8.08. The number of hydrogen-bond donors (Lipinski definition) is 2. The van der Waals surface area contributed by atoms with E-state index in [0.717, 1.165) is 12.8 Å². The van der Waals surface area contributed by atoms with Crippen LogP contribution in [0.1, 0.15) is 36.2 Å². The molecule has 0 aliphatic carbocycles. The second kappa shape index (κ2) is 5.59. The van der Waals surface area contributed by atoms with Gasteiger partial charge in [0.05, 0.1) is 18.0 Å². The Hall–Kier alpha value is -2.41. The number of aliphatic hydroxyl groups is 1. The molecular formula is C17H18FN3O3. The molecule has 2 saturated heterocycles. The molecule has 24 heavy (non-hydrogen) atoms. The molecule has 0 saturated carbocycles. The number of halogens is 1. The minimum atomic E-state index is -0.418. The number of carbonyl (C=O) groups excluding carboxylic acids is 1. The molecule has 7 heteroatoms. The maximum Gasteiger partial charge on any atom is 0.278 e. The van der Waals surface area contributed by atoms with Gasteiger partial charge in [-0.3, -0.25) is 4.79 Å². The third-order valence-corrected chi connectivity index (χ3v) is 4.91. The molecule has 1 aromatic heterocycles. The van der Waals surface area contributed by atoms with E-state index in [1.807, 2.05) is 0 Å². The lowest BCUT2D eigenvalue weighted by molar-refractivity contribution is 0.0280. The Bertz CT molecular complexity index is 777. The van der Waals surface area contributed by atoms with Crippen LogP contribution in [0.15, 0.2) is 30.5 Å². The van der Waals surface area contributed by atoms with Gasteiger partial charge in [0.25, 0.3) is 5.91 Å². The lowest BCUT2D eigenvalue weighted by atomic mass is 9.99. The molecule has 2 aliphatic heterocycles. The summed E-state index contributed by atoms with van der Waals surface area (Å²) in [6.45, 7) is 0. The molecule has 0 spiro atoms. The number of aromatic hydroxyl groups is 1. The molecule has 2 N–H and O–H groups in total. The van der Waals surface area contributed by atoms with Gasteiger partial charge < -0.3 is 15.1 Å². The molecule has 2 aromatic rings. The van der Waals surface area contributed by atoms with Gasteiger partial charge in [0.2, 0.25) is 0 Å². The molecule has 3 heterocycles. The fraction of sp³-hybridized carbons (Fsp3) is 0.412. The van der Waals surface area contributed by atoms with Crippen LogP contribution >= 0.6 is 0 Å². The molecule has 1 aromatic carbocycles. The molecule has 126 valence electrons. The minimum absolute atomic E-state index is 0.00929. The minimum Gasteiger partial charge on any atom is -0.504 e. The van der Waals surface area contributed by atoms with E-state index in [1.165, 1.54) is 29.1 Å². The van der Waals surface area contributed by atoms with Gasteiger partial charge in [0.15, 0.2) is 11.4 Å². The van der Waals surface area contributed by atoms with Crippen molar-refractivity contribution in [1.29, 1.82) is 0 Å². The molecule has 6 nitrogen and oxygen atoms in total. The monoisotopic (exact) mass is 331 g/mol. The lowest BCUT2D eigenvalue weighted by Crippen LogP contribution is -2.48. The van der Waals surface area contributed by atoms with Gasteiger partial charge >= 0.3 is 0 Å². The second-order valence-corrected chi connectivity index (χ2v) is 6.51. The average molecular weight is 331 g/mol. The molecule has 2 bridgehead atoms. The summed E-state index contributed by atoms with van der Waals surface area (Å²) in [5.41, 5.74) is 0.397. The summed E-state index contributed by atoms with van der Waals surface area (Å²) in [5, 5.41) is 24.1. The van der Waals surface area contributed by atoms with E-state index in [1.54, 1.807) is 11.0 Å². The van der Waals surface area contributed by atoms with Gasteiger partial charge in [-0.2, -0.15) is 5.10 Å². The maximum absolute atomic E-state index is 13.4. The first kappa shape index (κ1) is 15.1. The maximum atomic E-state index is 13.4.